The van der Waals surface area contributed by atoms with Gasteiger partial charge in [0.05, 0.1) is 13.2 Å². The maximum absolute atomic E-state index is 11.8. The van der Waals surface area contributed by atoms with Crippen LogP contribution in [0.1, 0.15) is 6.42 Å². The molecular weight excluding hydrogens is 168 g/mol. The number of hydrogen-bond acceptors (Lipinski definition) is 3. The summed E-state index contributed by atoms with van der Waals surface area (Å²) in [7, 11) is 1.99. The van der Waals surface area contributed by atoms with Gasteiger partial charge in [0.15, 0.2) is 0 Å². The normalized spacial score (nSPS) is 29.9. The molecule has 2 heterocycles. The van der Waals surface area contributed by atoms with E-state index in [1.807, 2.05) is 11.9 Å². The molecular formula is C9H16N2O2. The zero-order valence-corrected chi connectivity index (χ0v) is 8.03. The Balaban J connectivity index is 1.93. The molecule has 0 aromatic rings. The number of morpholine rings is 1. The van der Waals surface area contributed by atoms with Crippen molar-refractivity contribution in [1.82, 2.24) is 9.80 Å². The lowest BCUT2D eigenvalue weighted by Crippen LogP contribution is -2.56. The van der Waals surface area contributed by atoms with Crippen LogP contribution in [-0.4, -0.2) is 61.6 Å². The molecule has 1 atom stereocenters. The highest BCUT2D eigenvalue weighted by Gasteiger charge is 2.32. The average Bonchev–Trinajstić information content (AvgIpc) is 2.01. The highest BCUT2D eigenvalue weighted by Crippen LogP contribution is 2.13. The molecule has 4 nitrogen and oxygen atoms in total. The first kappa shape index (κ1) is 8.97. The van der Waals surface area contributed by atoms with Crippen molar-refractivity contribution < 1.29 is 9.53 Å². The fourth-order valence-electron chi connectivity index (χ4n) is 1.69. The lowest BCUT2D eigenvalue weighted by molar-refractivity contribution is -0.145. The first-order chi connectivity index (χ1) is 6.29. The van der Waals surface area contributed by atoms with Crippen LogP contribution in [0, 0.1) is 0 Å². The first-order valence-electron chi connectivity index (χ1n) is 4.86. The fourth-order valence-corrected chi connectivity index (χ4v) is 1.69. The van der Waals surface area contributed by atoms with Crippen LogP contribution in [0.25, 0.3) is 0 Å². The number of likely N-dealkylation sites (N-methyl/N-ethyl adjacent to an activating group) is 1. The van der Waals surface area contributed by atoms with Crippen molar-refractivity contribution in [2.45, 2.75) is 12.5 Å². The van der Waals surface area contributed by atoms with Crippen LogP contribution in [0.15, 0.2) is 0 Å². The summed E-state index contributed by atoms with van der Waals surface area (Å²) in [5, 5.41) is 0. The van der Waals surface area contributed by atoms with E-state index >= 15 is 0 Å². The Labute approximate surface area is 78.4 Å². The molecule has 4 heteroatoms. The second kappa shape index (κ2) is 3.64. The first-order valence-corrected chi connectivity index (χ1v) is 4.86. The molecule has 74 valence electrons. The number of carbonyl (C=O) groups is 1. The number of carbonyl (C=O) groups excluding carboxylic acids is 1. The Hall–Kier alpha value is -0.610. The quantitative estimate of drug-likeness (QED) is 0.553. The van der Waals surface area contributed by atoms with E-state index in [2.05, 4.69) is 4.90 Å². The Morgan fingerprint density at radius 1 is 1.38 bits per heavy atom. The molecule has 2 aliphatic rings. The largest absolute Gasteiger partial charge is 0.378 e. The third kappa shape index (κ3) is 1.69. The van der Waals surface area contributed by atoms with E-state index in [0.29, 0.717) is 6.61 Å². The predicted molar refractivity (Wildman–Crippen MR) is 48.4 cm³/mol. The van der Waals surface area contributed by atoms with Crippen molar-refractivity contribution in [3.05, 3.63) is 0 Å². The minimum atomic E-state index is -0.0333. The summed E-state index contributed by atoms with van der Waals surface area (Å²) in [4.78, 5) is 15.8. The predicted octanol–water partition coefficient (Wildman–Crippen LogP) is -0.451. The van der Waals surface area contributed by atoms with E-state index in [-0.39, 0.29) is 11.9 Å². The highest BCUT2D eigenvalue weighted by molar-refractivity contribution is 5.82. The van der Waals surface area contributed by atoms with Gasteiger partial charge in [0, 0.05) is 19.6 Å². The number of hydrogen-bond donors (Lipinski definition) is 0. The zero-order chi connectivity index (χ0) is 9.26. The Morgan fingerprint density at radius 2 is 2.15 bits per heavy atom. The number of amides is 1. The zero-order valence-electron chi connectivity index (χ0n) is 8.03. The summed E-state index contributed by atoms with van der Waals surface area (Å²) in [6.45, 7) is 4.04. The molecule has 1 amide bonds. The Morgan fingerprint density at radius 3 is 2.69 bits per heavy atom. The van der Waals surface area contributed by atoms with Crippen molar-refractivity contribution in [1.29, 1.82) is 0 Å². The number of nitrogens with zero attached hydrogens (tertiary/aromatic N) is 2. The van der Waals surface area contributed by atoms with E-state index in [9.17, 15) is 4.79 Å². The van der Waals surface area contributed by atoms with Crippen LogP contribution in [0.5, 0.6) is 0 Å². The van der Waals surface area contributed by atoms with Gasteiger partial charge in [-0.1, -0.05) is 0 Å². The van der Waals surface area contributed by atoms with Gasteiger partial charge in [0.1, 0.15) is 6.04 Å². The molecule has 0 aromatic heterocycles. The van der Waals surface area contributed by atoms with E-state index in [1.54, 1.807) is 0 Å². The van der Waals surface area contributed by atoms with Crippen LogP contribution in [0.2, 0.25) is 0 Å². The third-order valence-corrected chi connectivity index (χ3v) is 2.85. The summed E-state index contributed by atoms with van der Waals surface area (Å²) in [6, 6.07) is -0.0333. The van der Waals surface area contributed by atoms with Gasteiger partial charge < -0.3 is 9.64 Å². The molecule has 0 saturated carbocycles. The lowest BCUT2D eigenvalue weighted by atomic mass is 10.1. The van der Waals surface area contributed by atoms with Crippen molar-refractivity contribution in [3.63, 3.8) is 0 Å². The number of ether oxygens (including phenoxy) is 1. The van der Waals surface area contributed by atoms with Gasteiger partial charge in [0.25, 0.3) is 0 Å². The smallest absolute Gasteiger partial charge is 0.242 e. The third-order valence-electron chi connectivity index (χ3n) is 2.85. The van der Waals surface area contributed by atoms with Crippen LogP contribution >= 0.6 is 0 Å². The molecule has 0 bridgehead atoms. The van der Waals surface area contributed by atoms with Gasteiger partial charge in [-0.2, -0.15) is 0 Å². The Kier molecular flexibility index (Phi) is 2.51. The number of rotatable bonds is 1. The number of likely N-dealkylation sites (tertiary alicyclic amines) is 1. The standard InChI is InChI=1S/C9H16N2O2/c1-10-5-6-13-7-8(10)9(12)11-3-2-4-11/h8H,2-7H2,1H3/t8-/m0/s1. The molecule has 2 saturated heterocycles. The van der Waals surface area contributed by atoms with Crippen LogP contribution in [0.4, 0.5) is 0 Å². The summed E-state index contributed by atoms with van der Waals surface area (Å²) < 4.78 is 5.30. The second-order valence-corrected chi connectivity index (χ2v) is 3.75. The molecule has 2 rings (SSSR count). The van der Waals surface area contributed by atoms with Crippen molar-refractivity contribution in [2.75, 3.05) is 39.9 Å². The molecule has 0 unspecified atom stereocenters. The monoisotopic (exact) mass is 184 g/mol. The van der Waals surface area contributed by atoms with Gasteiger partial charge >= 0.3 is 0 Å². The van der Waals surface area contributed by atoms with E-state index in [0.717, 1.165) is 32.7 Å². The topological polar surface area (TPSA) is 32.8 Å². The van der Waals surface area contributed by atoms with E-state index in [4.69, 9.17) is 4.74 Å². The molecule has 0 radical (unpaired) electrons. The Bertz CT molecular complexity index is 204. The van der Waals surface area contributed by atoms with Gasteiger partial charge in [-0.3, -0.25) is 9.69 Å². The van der Waals surface area contributed by atoms with Gasteiger partial charge in [0.2, 0.25) is 5.91 Å². The van der Waals surface area contributed by atoms with Crippen molar-refractivity contribution in [2.24, 2.45) is 0 Å². The molecule has 0 spiro atoms. The molecule has 13 heavy (non-hydrogen) atoms. The van der Waals surface area contributed by atoms with Crippen LogP contribution < -0.4 is 0 Å². The van der Waals surface area contributed by atoms with Gasteiger partial charge in [-0.25, -0.2) is 0 Å². The van der Waals surface area contributed by atoms with Gasteiger partial charge in [-0.15, -0.1) is 0 Å². The minimum Gasteiger partial charge on any atom is -0.378 e. The van der Waals surface area contributed by atoms with Gasteiger partial charge in [-0.05, 0) is 13.5 Å². The maximum Gasteiger partial charge on any atom is 0.242 e. The average molecular weight is 184 g/mol. The summed E-state index contributed by atoms with van der Waals surface area (Å²) in [6.07, 6.45) is 1.16. The van der Waals surface area contributed by atoms with Crippen LogP contribution in [-0.2, 0) is 9.53 Å². The van der Waals surface area contributed by atoms with E-state index < -0.39 is 0 Å². The lowest BCUT2D eigenvalue weighted by Gasteiger charge is -2.38. The summed E-state index contributed by atoms with van der Waals surface area (Å²) in [5.74, 6) is 0.244. The summed E-state index contributed by atoms with van der Waals surface area (Å²) in [5.41, 5.74) is 0. The summed E-state index contributed by atoms with van der Waals surface area (Å²) >= 11 is 0. The molecule has 2 aliphatic heterocycles. The molecule has 0 aliphatic carbocycles. The van der Waals surface area contributed by atoms with Crippen LogP contribution in [0.3, 0.4) is 0 Å². The SMILES string of the molecule is CN1CCOC[C@H]1C(=O)N1CCC1. The van der Waals surface area contributed by atoms with Crippen molar-refractivity contribution in [3.8, 4) is 0 Å². The highest BCUT2D eigenvalue weighted by atomic mass is 16.5. The fraction of sp³-hybridized carbons (Fsp3) is 0.889. The van der Waals surface area contributed by atoms with E-state index in [1.165, 1.54) is 0 Å². The maximum atomic E-state index is 11.8. The minimum absolute atomic E-state index is 0.0333. The van der Waals surface area contributed by atoms with Crippen molar-refractivity contribution >= 4 is 5.91 Å². The molecule has 0 aromatic carbocycles. The second-order valence-electron chi connectivity index (χ2n) is 3.75. The molecule has 2 fully saturated rings. The molecule has 0 N–H and O–H groups in total.